The minimum Gasteiger partial charge on any atom is -0.455 e. The van der Waals surface area contributed by atoms with E-state index in [2.05, 4.69) is 263 Å². The maximum Gasteiger partial charge on any atom is 0.227 e. The van der Waals surface area contributed by atoms with Crippen LogP contribution in [0.1, 0.15) is 160 Å². The molecule has 1 atom stereocenters. The molecule has 20 rings (SSSR count). The van der Waals surface area contributed by atoms with E-state index in [9.17, 15) is 0 Å². The van der Waals surface area contributed by atoms with Crippen molar-refractivity contribution >= 4 is 110 Å². The molecule has 0 aliphatic rings. The third kappa shape index (κ3) is 15.2. The molecule has 0 saturated carbocycles. The third-order valence-electron chi connectivity index (χ3n) is 23.3. The fourth-order valence-electron chi connectivity index (χ4n) is 16.2. The van der Waals surface area contributed by atoms with E-state index in [4.69, 9.17) is 27.6 Å². The van der Waals surface area contributed by atoms with Crippen LogP contribution in [0.3, 0.4) is 0 Å². The molecule has 0 fully saturated rings. The second kappa shape index (κ2) is 33.2. The molecule has 1 unspecified atom stereocenters. The van der Waals surface area contributed by atoms with Crippen LogP contribution < -0.4 is 22.8 Å². The average molecular weight is 1590 g/mol. The molecule has 0 N–H and O–H groups in total. The van der Waals surface area contributed by atoms with Gasteiger partial charge in [0.2, 0.25) is 34.2 Å². The molecule has 15 nitrogen and oxygen atoms in total. The number of nitrogens with zero attached hydrogens (tertiary/aromatic N) is 10. The lowest BCUT2D eigenvalue weighted by molar-refractivity contribution is -0.660. The van der Waals surface area contributed by atoms with E-state index in [1.54, 1.807) is 36.9 Å². The second-order valence-corrected chi connectivity index (χ2v) is 32.9. The smallest absolute Gasteiger partial charge is 0.227 e. The summed E-state index contributed by atoms with van der Waals surface area (Å²) in [6, 6.07) is 59.9. The maximum atomic E-state index is 8.45. The Hall–Kier alpha value is -13.4. The van der Waals surface area contributed by atoms with Gasteiger partial charge in [-0.3, -0.25) is 19.9 Å². The quantitative estimate of drug-likeness (QED) is 0.121. The van der Waals surface area contributed by atoms with Gasteiger partial charge in [0.15, 0.2) is 64.5 Å². The molecule has 600 valence electrons. The Morgan fingerprint density at radius 1 is 0.300 bits per heavy atom. The van der Waals surface area contributed by atoms with E-state index in [1.165, 1.54) is 51.7 Å². The van der Waals surface area contributed by atoms with Gasteiger partial charge in [0, 0.05) is 140 Å². The summed E-state index contributed by atoms with van der Waals surface area (Å²) in [4.78, 5) is 22.3. The van der Waals surface area contributed by atoms with Crippen LogP contribution in [-0.4, -0.2) is 24.9 Å². The van der Waals surface area contributed by atoms with Gasteiger partial charge in [-0.25, -0.2) is 27.8 Å². The zero-order valence-electron chi connectivity index (χ0n) is 75.9. The van der Waals surface area contributed by atoms with Crippen LogP contribution in [-0.2, 0) is 35.2 Å². The number of fused-ring (bicyclic) bond motifs is 15. The summed E-state index contributed by atoms with van der Waals surface area (Å²) in [5.41, 5.74) is 32.2. The molecule has 0 spiro atoms. The Kier molecular flexibility index (Phi) is 20.8. The number of benzene rings is 5. The second-order valence-electron chi connectivity index (χ2n) is 32.9. The highest BCUT2D eigenvalue weighted by molar-refractivity contribution is 6.13. The largest absolute Gasteiger partial charge is 0.455 e. The molecule has 15 aromatic heterocycles. The molecule has 0 bridgehead atoms. The number of pyridine rings is 10. The first-order valence-electron chi connectivity index (χ1n) is 43.2. The van der Waals surface area contributed by atoms with Crippen molar-refractivity contribution in [3.63, 3.8) is 0 Å². The minimum atomic E-state index is -2.44. The van der Waals surface area contributed by atoms with E-state index >= 15 is 0 Å². The summed E-state index contributed by atoms with van der Waals surface area (Å²) >= 11 is 0. The van der Waals surface area contributed by atoms with E-state index in [-0.39, 0.29) is 0 Å². The van der Waals surface area contributed by atoms with Gasteiger partial charge in [-0.1, -0.05) is 130 Å². The molecule has 120 heavy (non-hydrogen) atoms. The molecule has 0 aliphatic carbocycles. The van der Waals surface area contributed by atoms with Crippen molar-refractivity contribution in [2.45, 2.75) is 133 Å². The summed E-state index contributed by atoms with van der Waals surface area (Å²) in [5.74, 6) is 0.227. The van der Waals surface area contributed by atoms with Crippen LogP contribution in [0.2, 0.25) is 0 Å². The molecule has 0 amide bonds. The Balaban J connectivity index is 0.000000115. The molecule has 15 heterocycles. The van der Waals surface area contributed by atoms with Crippen LogP contribution in [0, 0.1) is 34.6 Å². The first-order chi connectivity index (χ1) is 59.3. The zero-order chi connectivity index (χ0) is 87.6. The Labute approximate surface area is 706 Å². The minimum absolute atomic E-state index is 0.436. The Bertz CT molecular complexity index is 6820. The predicted octanol–water partition coefficient (Wildman–Crippen LogP) is 24.5. The van der Waals surface area contributed by atoms with Gasteiger partial charge in [0.05, 0.1) is 34.1 Å². The van der Waals surface area contributed by atoms with Crippen molar-refractivity contribution in [2.75, 3.05) is 0 Å². The van der Waals surface area contributed by atoms with E-state index in [1.807, 2.05) is 117 Å². The SMILES string of the molecule is Cc1ccc2c(oc3cnccc32)c1-c1cc(C(C)C)cc[n+]1C.Cc1ccc2c(oc3ncccc32)c1-c1cc(C(C)C)cc[n+]1C.Cc1cnc2c(oc3ccccc32)c1-c1cc(C(C)C)cc[n+]1C.Cc1ncc2c(oc3ccccc32)c1-c1cc(C(C)C)cc[n+]1C.[2H]C([2H])([2H])C([2H])(C)c1cc[n+](C)c(-c2c(C)ccc3c2oc2cccnc23)c1. The standard InChI is InChI=1S/5C21H21N2O/c1-13(2)15-8-10-23(4)18(11-15)20-14(3)5-6-17-16-7-9-22-12-19(16)24-21(17)20;1-13(2)15-9-11-23(4)17(12-15)19-14(3)7-8-16-20-18(24-21(16)19)6-5-10-22-20;1-13(2)15-9-11-23(4)18(12-15)19-14(3)7-8-16-17-6-5-10-22-21(17)24-20(16)19;1-13(2)15-9-10-23(4)18(11-15)20-14(3)22-12-17-16-7-5-6-8-19(16)24-21(17)20;1-13(2)15-9-10-23(4)17(11-15)19-14(3)12-22-20-16-7-5-6-8-18(16)24-21(19)20/h5*5-13H,1-4H3/q5*+1/i;1D3,13D;;;. The van der Waals surface area contributed by atoms with Crippen molar-refractivity contribution < 1.29 is 50.4 Å². The van der Waals surface area contributed by atoms with Crippen molar-refractivity contribution in [1.82, 2.24) is 24.9 Å². The zero-order valence-corrected chi connectivity index (χ0v) is 71.9. The first kappa shape index (κ1) is 75.4. The van der Waals surface area contributed by atoms with Crippen LogP contribution in [0.25, 0.3) is 166 Å². The highest BCUT2D eigenvalue weighted by atomic mass is 16.3. The highest BCUT2D eigenvalue weighted by Gasteiger charge is 2.29. The van der Waals surface area contributed by atoms with Crippen LogP contribution in [0.5, 0.6) is 0 Å². The maximum absolute atomic E-state index is 8.45. The number of para-hydroxylation sites is 2. The number of aryl methyl sites for hydroxylation is 10. The fourth-order valence-corrected chi connectivity index (χ4v) is 16.2. The van der Waals surface area contributed by atoms with Crippen LogP contribution in [0.15, 0.2) is 266 Å². The van der Waals surface area contributed by atoms with Gasteiger partial charge in [0.25, 0.3) is 0 Å². The fraction of sp³-hybridized carbons (Fsp3) is 0.238. The summed E-state index contributed by atoms with van der Waals surface area (Å²) in [7, 11) is 10.2. The van der Waals surface area contributed by atoms with Crippen molar-refractivity contribution in [1.29, 1.82) is 0 Å². The Morgan fingerprint density at radius 3 is 1.25 bits per heavy atom. The highest BCUT2D eigenvalue weighted by Crippen LogP contribution is 2.43. The van der Waals surface area contributed by atoms with Crippen LogP contribution >= 0.6 is 0 Å². The van der Waals surface area contributed by atoms with E-state index in [0.717, 1.165) is 155 Å². The van der Waals surface area contributed by atoms with Gasteiger partial charge in [-0.05, 0) is 169 Å². The van der Waals surface area contributed by atoms with Crippen LogP contribution in [0.4, 0.5) is 0 Å². The molecule has 0 aliphatic heterocycles. The van der Waals surface area contributed by atoms with Gasteiger partial charge in [-0.15, -0.1) is 0 Å². The number of rotatable bonds is 10. The summed E-state index contributed by atoms with van der Waals surface area (Å²) in [5, 5.41) is 8.60. The lowest BCUT2D eigenvalue weighted by atomic mass is 9.97. The van der Waals surface area contributed by atoms with Crippen molar-refractivity contribution in [3.8, 4) is 56.3 Å². The molecule has 15 heteroatoms. The lowest BCUT2D eigenvalue weighted by Crippen LogP contribution is -2.31. The normalized spacial score (nSPS) is 12.8. The molecular formula is C105H105N10O5+5. The lowest BCUT2D eigenvalue weighted by Gasteiger charge is -2.09. The average Bonchev–Trinajstić information content (AvgIpc) is 1.45. The topological polar surface area (TPSA) is 150 Å². The molecular weight excluding hydrogens is 1480 g/mol. The van der Waals surface area contributed by atoms with Crippen molar-refractivity contribution in [3.05, 3.63) is 300 Å². The number of hydrogen-bond donors (Lipinski definition) is 0. The van der Waals surface area contributed by atoms with Gasteiger partial charge >= 0.3 is 0 Å². The first-order valence-corrected chi connectivity index (χ1v) is 41.2. The number of furan rings is 5. The Morgan fingerprint density at radius 2 is 0.700 bits per heavy atom. The molecule has 5 aromatic carbocycles. The number of aromatic nitrogens is 10. The van der Waals surface area contributed by atoms with Gasteiger partial charge in [-0.2, -0.15) is 0 Å². The number of hydrogen-bond acceptors (Lipinski definition) is 10. The molecule has 0 saturated heterocycles. The third-order valence-corrected chi connectivity index (χ3v) is 23.3. The van der Waals surface area contributed by atoms with Gasteiger partial charge in [0.1, 0.15) is 68.6 Å². The van der Waals surface area contributed by atoms with E-state index in [0.29, 0.717) is 46.1 Å². The predicted molar refractivity (Wildman–Crippen MR) is 485 cm³/mol. The molecule has 20 aromatic rings. The molecule has 0 radical (unpaired) electrons. The van der Waals surface area contributed by atoms with Gasteiger partial charge < -0.3 is 22.1 Å². The van der Waals surface area contributed by atoms with E-state index < -0.39 is 12.7 Å². The monoisotopic (exact) mass is 1590 g/mol. The summed E-state index contributed by atoms with van der Waals surface area (Å²) in [6.45, 7) is 27.1. The summed E-state index contributed by atoms with van der Waals surface area (Å²) in [6.07, 6.45) is 21.3. The summed E-state index contributed by atoms with van der Waals surface area (Å²) < 4.78 is 73.2. The van der Waals surface area contributed by atoms with Crippen molar-refractivity contribution in [2.24, 2.45) is 35.2 Å².